The highest BCUT2D eigenvalue weighted by Gasteiger charge is 2.68. The summed E-state index contributed by atoms with van der Waals surface area (Å²) >= 11 is 0. The summed E-state index contributed by atoms with van der Waals surface area (Å²) in [4.78, 5) is 87.8. The van der Waals surface area contributed by atoms with Crippen LogP contribution in [0, 0.1) is 17.3 Å². The maximum Gasteiger partial charge on any atom is 0.481 e. The molecule has 6 fully saturated rings. The predicted octanol–water partition coefficient (Wildman–Crippen LogP) is 8.09. The number of fused-ring (bicyclic) bond motifs is 2. The maximum absolute atomic E-state index is 14.3. The van der Waals surface area contributed by atoms with Crippen molar-refractivity contribution in [3.63, 3.8) is 0 Å². The number of nitrogens with zero attached hydrogens (tertiary/aromatic N) is 6. The van der Waals surface area contributed by atoms with Gasteiger partial charge in [0.1, 0.15) is 24.3 Å². The SMILES string of the molecule is C=CCCCCCC[C@H](NC(=O)[C@@H]1C[C@@H](OC(=O)N2Cc3ccccc3C2)CN1C(=O)N(C)CC=C)B1OC2C[C@H]3C[C@H](C3(C)C)[C@@]2(C)O1.C=CCN(C)C(=O)N1CC(OC(=O)N2Cc3ccccc3C2)C[C@H]1C(=O)OC. The molecule has 10 rings (SSSR count). The number of rotatable bonds is 17. The summed E-state index contributed by atoms with van der Waals surface area (Å²) in [6, 6.07) is 13.6. The van der Waals surface area contributed by atoms with Gasteiger partial charge in [-0.05, 0) is 78.5 Å². The largest absolute Gasteiger partial charge is 0.481 e. The summed E-state index contributed by atoms with van der Waals surface area (Å²) in [5, 5.41) is 3.29. The molecule has 0 spiro atoms. The molecule has 5 heterocycles. The molecule has 0 radical (unpaired) electrons. The zero-order valence-electron chi connectivity index (χ0n) is 46.1. The molecule has 9 atom stereocenters. The zero-order valence-corrected chi connectivity index (χ0v) is 46.1. The fourth-order valence-corrected chi connectivity index (χ4v) is 12.8. The van der Waals surface area contributed by atoms with Gasteiger partial charge in [0.25, 0.3) is 0 Å². The quantitative estimate of drug-likeness (QED) is 0.0532. The number of ether oxygens (including phenoxy) is 3. The minimum Gasteiger partial charge on any atom is -0.467 e. The number of unbranched alkanes of at least 4 members (excludes halogenated alkanes) is 4. The molecule has 2 unspecified atom stereocenters. The van der Waals surface area contributed by atoms with E-state index in [9.17, 15) is 28.8 Å². The molecule has 8 aliphatic rings. The van der Waals surface area contributed by atoms with Gasteiger partial charge in [-0.15, -0.1) is 19.7 Å². The number of allylic oxidation sites excluding steroid dienone is 1. The molecule has 3 saturated carbocycles. The van der Waals surface area contributed by atoms with Crippen molar-refractivity contribution in [2.45, 2.75) is 153 Å². The third-order valence-corrected chi connectivity index (χ3v) is 17.3. The van der Waals surface area contributed by atoms with E-state index in [-0.39, 0.29) is 61.4 Å². The van der Waals surface area contributed by atoms with Gasteiger partial charge in [-0.3, -0.25) is 14.6 Å². The van der Waals surface area contributed by atoms with Crippen molar-refractivity contribution in [1.82, 2.24) is 34.7 Å². The standard InChI is InChI=1S/C38H55BN4O6.C20H25N3O5/c1-7-9-10-11-12-13-18-33(39-48-32-21-28-20-31(37(28,3)4)38(32,5)49-39)40-34(44)30-22-29(25-43(30)35(45)41(6)19-8-2)47-36(46)42-23-26-16-14-15-17-27(26)24-42;1-4-9-21(2)19(25)23-13-16(10-17(23)18(24)27-3)28-20(26)22-11-14-7-5-6-8-15(14)12-22/h7-8,14-17,28-33H,1-2,9-13,18-25H2,3-6H3,(H,40,44);4-8,16-17H,1,9-13H2,2-3H3/t28-,29-,30+,31-,32?,33+,38-;16?,17-/m10/s1. The first kappa shape index (κ1) is 56.9. The number of methoxy groups -OCH3 is 1. The van der Waals surface area contributed by atoms with Crippen LogP contribution < -0.4 is 5.32 Å². The predicted molar refractivity (Wildman–Crippen MR) is 291 cm³/mol. The molecule has 0 aromatic heterocycles. The minimum absolute atomic E-state index is 0.00102. The number of carbonyl (C=O) groups excluding carboxylic acids is 6. The zero-order chi connectivity index (χ0) is 55.2. The maximum atomic E-state index is 14.3. The van der Waals surface area contributed by atoms with Gasteiger partial charge in [-0.2, -0.15) is 0 Å². The lowest BCUT2D eigenvalue weighted by Crippen LogP contribution is -2.65. The van der Waals surface area contributed by atoms with Crippen molar-refractivity contribution < 1.29 is 52.3 Å². The number of likely N-dealkylation sites (tertiary alicyclic amines) is 2. The average Bonchev–Trinajstić information content (AvgIpc) is 4.41. The van der Waals surface area contributed by atoms with E-state index in [1.807, 2.05) is 54.6 Å². The van der Waals surface area contributed by atoms with Crippen LogP contribution in [0.5, 0.6) is 0 Å². The molecule has 7 amide bonds. The summed E-state index contributed by atoms with van der Waals surface area (Å²) in [7, 11) is 4.02. The second-order valence-corrected chi connectivity index (χ2v) is 22.7. The number of benzene rings is 2. The first-order valence-electron chi connectivity index (χ1n) is 27.5. The second kappa shape index (κ2) is 24.6. The first-order valence-corrected chi connectivity index (χ1v) is 27.5. The Bertz CT molecular complexity index is 2480. The topological polar surface area (TPSA) is 180 Å². The number of amides is 7. The van der Waals surface area contributed by atoms with Gasteiger partial charge < -0.3 is 48.4 Å². The van der Waals surface area contributed by atoms with Crippen molar-refractivity contribution >= 4 is 43.2 Å². The molecule has 2 aromatic carbocycles. The van der Waals surface area contributed by atoms with Gasteiger partial charge in [-0.1, -0.05) is 99.9 Å². The molecule has 416 valence electrons. The Labute approximate surface area is 455 Å². The minimum atomic E-state index is -0.811. The Hall–Kier alpha value is -6.34. The molecule has 2 bridgehead atoms. The highest BCUT2D eigenvalue weighted by Crippen LogP contribution is 2.65. The highest BCUT2D eigenvalue weighted by atomic mass is 16.7. The number of hydrogen-bond donors (Lipinski definition) is 1. The third-order valence-electron chi connectivity index (χ3n) is 17.3. The number of likely N-dealkylation sites (N-methyl/N-ethyl adjacent to an activating group) is 2. The van der Waals surface area contributed by atoms with E-state index >= 15 is 0 Å². The fraction of sp³-hybridized carbons (Fsp3) is 0.586. The number of nitrogens with one attached hydrogen (secondary N) is 1. The molecule has 2 aromatic rings. The summed E-state index contributed by atoms with van der Waals surface area (Å²) in [5.41, 5.74) is 4.21. The summed E-state index contributed by atoms with van der Waals surface area (Å²) in [6.45, 7) is 21.0. The van der Waals surface area contributed by atoms with Crippen molar-refractivity contribution in [2.75, 3.05) is 47.4 Å². The molecule has 3 saturated heterocycles. The van der Waals surface area contributed by atoms with Crippen LogP contribution in [-0.4, -0.2) is 162 Å². The number of carbonyl (C=O) groups is 6. The number of esters is 1. The van der Waals surface area contributed by atoms with E-state index in [2.05, 4.69) is 45.8 Å². The van der Waals surface area contributed by atoms with Gasteiger partial charge in [0, 0.05) is 66.2 Å². The van der Waals surface area contributed by atoms with Crippen molar-refractivity contribution in [2.24, 2.45) is 17.3 Å². The van der Waals surface area contributed by atoms with E-state index in [1.54, 1.807) is 36.0 Å². The van der Waals surface area contributed by atoms with Crippen molar-refractivity contribution in [3.8, 4) is 0 Å². The van der Waals surface area contributed by atoms with Gasteiger partial charge in [0.2, 0.25) is 5.91 Å². The average molecular weight is 1060 g/mol. The summed E-state index contributed by atoms with van der Waals surface area (Å²) in [5.74, 6) is -0.141. The van der Waals surface area contributed by atoms with Crippen LogP contribution in [0.15, 0.2) is 86.5 Å². The molecular formula is C58H80BN7O11. The highest BCUT2D eigenvalue weighted by molar-refractivity contribution is 6.48. The van der Waals surface area contributed by atoms with Crippen LogP contribution >= 0.6 is 0 Å². The van der Waals surface area contributed by atoms with Crippen LogP contribution in [0.25, 0.3) is 0 Å². The van der Waals surface area contributed by atoms with E-state index in [1.165, 1.54) is 26.7 Å². The Morgan fingerprint density at radius 2 is 1.21 bits per heavy atom. The second-order valence-electron chi connectivity index (χ2n) is 22.7. The van der Waals surface area contributed by atoms with Crippen LogP contribution in [-0.2, 0) is 59.3 Å². The number of urea groups is 2. The molecule has 18 nitrogen and oxygen atoms in total. The van der Waals surface area contributed by atoms with E-state index in [0.717, 1.165) is 67.2 Å². The lowest BCUT2D eigenvalue weighted by molar-refractivity contribution is -0.199. The molecule has 3 aliphatic carbocycles. The first-order chi connectivity index (χ1) is 36.9. The lowest BCUT2D eigenvalue weighted by atomic mass is 9.43. The van der Waals surface area contributed by atoms with Crippen LogP contribution in [0.1, 0.15) is 107 Å². The van der Waals surface area contributed by atoms with E-state index in [0.29, 0.717) is 57.5 Å². The Morgan fingerprint density at radius 3 is 1.69 bits per heavy atom. The van der Waals surface area contributed by atoms with Crippen LogP contribution in [0.3, 0.4) is 0 Å². The Kier molecular flexibility index (Phi) is 18.1. The molecular weight excluding hydrogens is 981 g/mol. The van der Waals surface area contributed by atoms with Crippen LogP contribution in [0.2, 0.25) is 0 Å². The van der Waals surface area contributed by atoms with E-state index < -0.39 is 55.2 Å². The summed E-state index contributed by atoms with van der Waals surface area (Å²) in [6.07, 6.45) is 11.5. The molecule has 19 heteroatoms. The van der Waals surface area contributed by atoms with Gasteiger partial charge in [0.05, 0.1) is 37.8 Å². The third kappa shape index (κ3) is 12.4. The fourth-order valence-electron chi connectivity index (χ4n) is 12.8. The van der Waals surface area contributed by atoms with Gasteiger partial charge >= 0.3 is 37.3 Å². The Morgan fingerprint density at radius 1 is 0.714 bits per heavy atom. The van der Waals surface area contributed by atoms with Crippen molar-refractivity contribution in [1.29, 1.82) is 0 Å². The van der Waals surface area contributed by atoms with Gasteiger partial charge in [-0.25, -0.2) is 24.0 Å². The normalized spacial score (nSPS) is 26.4. The molecule has 5 aliphatic heterocycles. The molecule has 77 heavy (non-hydrogen) atoms. The van der Waals surface area contributed by atoms with Crippen molar-refractivity contribution in [3.05, 3.63) is 109 Å². The summed E-state index contributed by atoms with van der Waals surface area (Å²) < 4.78 is 29.9. The lowest BCUT2D eigenvalue weighted by Gasteiger charge is -2.64. The molecule has 1 N–H and O–H groups in total. The van der Waals surface area contributed by atoms with Gasteiger partial charge in [0.15, 0.2) is 0 Å². The van der Waals surface area contributed by atoms with E-state index in [4.69, 9.17) is 23.5 Å². The number of hydrogen-bond acceptors (Lipinski definition) is 11. The monoisotopic (exact) mass is 1060 g/mol. The smallest absolute Gasteiger partial charge is 0.467 e. The Balaban J connectivity index is 0.000000237. The van der Waals surface area contributed by atoms with Crippen LogP contribution in [0.4, 0.5) is 19.2 Å².